The average Bonchev–Trinajstić information content (AvgIpc) is 2.32. The van der Waals surface area contributed by atoms with Crippen molar-refractivity contribution >= 4 is 23.4 Å². The number of nitrogens with zero attached hydrogens (tertiary/aromatic N) is 1. The number of ether oxygens (including phenoxy) is 1. The molecule has 1 aliphatic rings. The average molecular weight is 256 g/mol. The van der Waals surface area contributed by atoms with Crippen LogP contribution in [0.15, 0.2) is 18.2 Å². The van der Waals surface area contributed by atoms with E-state index in [0.29, 0.717) is 23.7 Å². The minimum atomic E-state index is -0.430. The zero-order chi connectivity index (χ0) is 12.4. The maximum atomic E-state index is 11.8. The predicted octanol–water partition coefficient (Wildman–Crippen LogP) is 2.36. The van der Waals surface area contributed by atoms with Crippen molar-refractivity contribution in [2.24, 2.45) is 0 Å². The molecule has 0 radical (unpaired) electrons. The molecule has 0 spiro atoms. The van der Waals surface area contributed by atoms with E-state index in [-0.39, 0.29) is 12.6 Å². The molecule has 4 nitrogen and oxygen atoms in total. The van der Waals surface area contributed by atoms with Gasteiger partial charge in [0, 0.05) is 11.4 Å². The fraction of sp³-hybridized carbons (Fsp3) is 0.417. The van der Waals surface area contributed by atoms with Crippen molar-refractivity contribution in [3.8, 4) is 0 Å². The number of cyclic esters (lactones) is 1. The molecule has 1 heterocycles. The van der Waals surface area contributed by atoms with Crippen molar-refractivity contribution < 1.29 is 14.6 Å². The first-order valence-electron chi connectivity index (χ1n) is 5.46. The van der Waals surface area contributed by atoms with Crippen LogP contribution in [0, 0.1) is 6.92 Å². The molecule has 1 atom stereocenters. The van der Waals surface area contributed by atoms with Gasteiger partial charge in [0.25, 0.3) is 0 Å². The fourth-order valence-electron chi connectivity index (χ4n) is 1.94. The molecule has 2 rings (SSSR count). The van der Waals surface area contributed by atoms with Gasteiger partial charge in [-0.1, -0.05) is 17.7 Å². The Kier molecular flexibility index (Phi) is 3.54. The van der Waals surface area contributed by atoms with E-state index >= 15 is 0 Å². The van der Waals surface area contributed by atoms with Crippen molar-refractivity contribution in [1.82, 2.24) is 0 Å². The quantitative estimate of drug-likeness (QED) is 0.883. The molecule has 0 aromatic heterocycles. The van der Waals surface area contributed by atoms with Crippen molar-refractivity contribution in [3.63, 3.8) is 0 Å². The van der Waals surface area contributed by atoms with Crippen LogP contribution in [0.3, 0.4) is 0 Å². The van der Waals surface area contributed by atoms with Gasteiger partial charge in [-0.3, -0.25) is 4.90 Å². The first-order chi connectivity index (χ1) is 8.13. The summed E-state index contributed by atoms with van der Waals surface area (Å²) < 4.78 is 5.00. The third kappa shape index (κ3) is 2.37. The molecule has 1 fully saturated rings. The van der Waals surface area contributed by atoms with Gasteiger partial charge < -0.3 is 9.84 Å². The van der Waals surface area contributed by atoms with E-state index in [2.05, 4.69) is 0 Å². The second-order valence-corrected chi connectivity index (χ2v) is 4.48. The summed E-state index contributed by atoms with van der Waals surface area (Å²) in [5, 5.41) is 9.87. The first kappa shape index (κ1) is 12.2. The molecule has 1 aromatic rings. The molecule has 0 aliphatic carbocycles. The maximum absolute atomic E-state index is 11.8. The number of carbonyl (C=O) groups is 1. The summed E-state index contributed by atoms with van der Waals surface area (Å²) in [6, 6.07) is 5.08. The number of aliphatic hydroxyl groups is 1. The molecule has 0 saturated carbocycles. The van der Waals surface area contributed by atoms with E-state index in [9.17, 15) is 9.90 Å². The van der Waals surface area contributed by atoms with Gasteiger partial charge in [-0.25, -0.2) is 4.79 Å². The smallest absolute Gasteiger partial charge is 0.414 e. The number of carbonyl (C=O) groups excluding carboxylic acids is 1. The summed E-state index contributed by atoms with van der Waals surface area (Å²) in [6.07, 6.45) is 0.189. The summed E-state index contributed by atoms with van der Waals surface area (Å²) in [6.45, 7) is 2.16. The standard InChI is InChI=1S/C12H14ClNO3/c1-8-2-3-9(13)6-11(8)14-10(7-15)4-5-17-12(14)16/h2-3,6,10,15H,4-5,7H2,1H3. The molecule has 1 saturated heterocycles. The Morgan fingerprint density at radius 2 is 2.35 bits per heavy atom. The number of aryl methyl sites for hydroxylation is 1. The molecule has 5 heteroatoms. The van der Waals surface area contributed by atoms with Gasteiger partial charge in [0.1, 0.15) is 0 Å². The summed E-state index contributed by atoms with van der Waals surface area (Å²) in [7, 11) is 0. The van der Waals surface area contributed by atoms with Gasteiger partial charge in [0.05, 0.1) is 24.9 Å². The number of anilines is 1. The third-order valence-corrected chi connectivity index (χ3v) is 3.12. The van der Waals surface area contributed by atoms with Gasteiger partial charge in [-0.05, 0) is 24.6 Å². The van der Waals surface area contributed by atoms with Crippen LogP contribution in [-0.2, 0) is 4.74 Å². The van der Waals surface area contributed by atoms with Gasteiger partial charge in [0.15, 0.2) is 0 Å². The molecule has 17 heavy (non-hydrogen) atoms. The van der Waals surface area contributed by atoms with E-state index in [1.54, 1.807) is 12.1 Å². The number of hydrogen-bond acceptors (Lipinski definition) is 3. The Bertz CT molecular complexity index is 436. The fourth-order valence-corrected chi connectivity index (χ4v) is 2.11. The molecular weight excluding hydrogens is 242 g/mol. The zero-order valence-corrected chi connectivity index (χ0v) is 10.3. The van der Waals surface area contributed by atoms with Crippen molar-refractivity contribution in [1.29, 1.82) is 0 Å². The van der Waals surface area contributed by atoms with E-state index in [1.165, 1.54) is 4.90 Å². The van der Waals surface area contributed by atoms with Crippen LogP contribution in [0.2, 0.25) is 5.02 Å². The molecule has 1 aliphatic heterocycles. The molecule has 92 valence electrons. The number of benzene rings is 1. The second kappa shape index (κ2) is 4.94. The van der Waals surface area contributed by atoms with Gasteiger partial charge >= 0.3 is 6.09 Å². The lowest BCUT2D eigenvalue weighted by molar-refractivity contribution is 0.115. The lowest BCUT2D eigenvalue weighted by atomic mass is 10.1. The molecule has 0 bridgehead atoms. The molecular formula is C12H14ClNO3. The maximum Gasteiger partial charge on any atom is 0.414 e. The van der Waals surface area contributed by atoms with Gasteiger partial charge in [0.2, 0.25) is 0 Å². The number of rotatable bonds is 2. The largest absolute Gasteiger partial charge is 0.449 e. The molecule has 1 aromatic carbocycles. The van der Waals surface area contributed by atoms with Crippen LogP contribution in [0.25, 0.3) is 0 Å². The van der Waals surface area contributed by atoms with Crippen LogP contribution in [0.5, 0.6) is 0 Å². The van der Waals surface area contributed by atoms with Crippen molar-refractivity contribution in [2.45, 2.75) is 19.4 Å². The van der Waals surface area contributed by atoms with Gasteiger partial charge in [-0.2, -0.15) is 0 Å². The number of amides is 1. The Morgan fingerprint density at radius 3 is 3.06 bits per heavy atom. The van der Waals surface area contributed by atoms with E-state index < -0.39 is 6.09 Å². The SMILES string of the molecule is Cc1ccc(Cl)cc1N1C(=O)OCCC1CO. The minimum Gasteiger partial charge on any atom is -0.449 e. The Hall–Kier alpha value is -1.26. The monoisotopic (exact) mass is 255 g/mol. The molecule has 1 amide bonds. The number of hydrogen-bond donors (Lipinski definition) is 1. The highest BCUT2D eigenvalue weighted by molar-refractivity contribution is 6.31. The van der Waals surface area contributed by atoms with E-state index in [4.69, 9.17) is 16.3 Å². The summed E-state index contributed by atoms with van der Waals surface area (Å²) >= 11 is 5.93. The van der Waals surface area contributed by atoms with Crippen LogP contribution in [0.1, 0.15) is 12.0 Å². The van der Waals surface area contributed by atoms with Crippen molar-refractivity contribution in [3.05, 3.63) is 28.8 Å². The lowest BCUT2D eigenvalue weighted by Crippen LogP contribution is -2.48. The predicted molar refractivity (Wildman–Crippen MR) is 65.5 cm³/mol. The molecule has 1 N–H and O–H groups in total. The summed E-state index contributed by atoms with van der Waals surface area (Å²) in [5.74, 6) is 0. The van der Waals surface area contributed by atoms with Crippen LogP contribution < -0.4 is 4.90 Å². The molecule has 1 unspecified atom stereocenters. The highest BCUT2D eigenvalue weighted by Gasteiger charge is 2.31. The summed E-state index contributed by atoms with van der Waals surface area (Å²) in [5.41, 5.74) is 1.62. The minimum absolute atomic E-state index is 0.0823. The number of aliphatic hydroxyl groups excluding tert-OH is 1. The Balaban J connectivity index is 2.41. The van der Waals surface area contributed by atoms with Crippen molar-refractivity contribution in [2.75, 3.05) is 18.1 Å². The Labute approximate surface area is 105 Å². The third-order valence-electron chi connectivity index (χ3n) is 2.88. The van der Waals surface area contributed by atoms with Crippen LogP contribution in [0.4, 0.5) is 10.5 Å². The lowest BCUT2D eigenvalue weighted by Gasteiger charge is -2.34. The normalized spacial score (nSPS) is 20.3. The van der Waals surface area contributed by atoms with E-state index in [1.807, 2.05) is 13.0 Å². The Morgan fingerprint density at radius 1 is 1.59 bits per heavy atom. The van der Waals surface area contributed by atoms with Gasteiger partial charge in [-0.15, -0.1) is 0 Å². The highest BCUT2D eigenvalue weighted by atomic mass is 35.5. The second-order valence-electron chi connectivity index (χ2n) is 4.04. The van der Waals surface area contributed by atoms with Crippen LogP contribution in [-0.4, -0.2) is 30.5 Å². The first-order valence-corrected chi connectivity index (χ1v) is 5.84. The van der Waals surface area contributed by atoms with Crippen LogP contribution >= 0.6 is 11.6 Å². The topological polar surface area (TPSA) is 49.8 Å². The van der Waals surface area contributed by atoms with E-state index in [0.717, 1.165) is 5.56 Å². The number of halogens is 1. The summed E-state index contributed by atoms with van der Waals surface area (Å²) in [4.78, 5) is 13.3. The zero-order valence-electron chi connectivity index (χ0n) is 9.52. The highest BCUT2D eigenvalue weighted by Crippen LogP contribution is 2.29.